The highest BCUT2D eigenvalue weighted by Crippen LogP contribution is 2.31. The predicted octanol–water partition coefficient (Wildman–Crippen LogP) is 5.03. The second kappa shape index (κ2) is 6.87. The zero-order valence-electron chi connectivity index (χ0n) is 13.6. The Kier molecular flexibility index (Phi) is 4.61. The van der Waals surface area contributed by atoms with Gasteiger partial charge in [0.15, 0.2) is 11.9 Å². The standard InChI is InChI=1S/C19H21ClN2OS/c20-16-4-5-19-17(11-16)15(13-24-19)12-21-9-6-14(7-10-21)18-3-1-2-8-22(18)23/h2,4-5,8,11,13-14H,1,3,6-7,9-10,12H2. The molecule has 1 saturated heterocycles. The highest BCUT2D eigenvalue weighted by molar-refractivity contribution is 7.17. The Hall–Kier alpha value is -1.36. The molecule has 0 aliphatic carbocycles. The SMILES string of the molecule is [O-][N+]1=C(C2CCN(Cc3csc4ccc(Cl)cc34)CC2)CCC=C1. The minimum atomic E-state index is 0.456. The first-order chi connectivity index (χ1) is 11.7. The van der Waals surface area contributed by atoms with Gasteiger partial charge in [-0.15, -0.1) is 11.3 Å². The van der Waals surface area contributed by atoms with E-state index in [1.807, 2.05) is 12.1 Å². The molecule has 2 aliphatic heterocycles. The molecule has 0 atom stereocenters. The average molecular weight is 361 g/mol. The van der Waals surface area contributed by atoms with Crippen LogP contribution < -0.4 is 0 Å². The molecule has 0 saturated carbocycles. The summed E-state index contributed by atoms with van der Waals surface area (Å²) in [5.41, 5.74) is 2.46. The largest absolute Gasteiger partial charge is 0.619 e. The van der Waals surface area contributed by atoms with E-state index in [0.717, 1.165) is 60.8 Å². The molecule has 1 aromatic heterocycles. The van der Waals surface area contributed by atoms with Crippen LogP contribution in [0.2, 0.25) is 5.02 Å². The number of fused-ring (bicyclic) bond motifs is 1. The van der Waals surface area contributed by atoms with Crippen molar-refractivity contribution in [3.63, 3.8) is 0 Å². The van der Waals surface area contributed by atoms with Gasteiger partial charge < -0.3 is 5.21 Å². The van der Waals surface area contributed by atoms with Gasteiger partial charge in [-0.3, -0.25) is 4.90 Å². The molecule has 0 radical (unpaired) electrons. The van der Waals surface area contributed by atoms with Crippen molar-refractivity contribution in [1.29, 1.82) is 0 Å². The summed E-state index contributed by atoms with van der Waals surface area (Å²) in [5.74, 6) is 0.456. The molecular weight excluding hydrogens is 340 g/mol. The lowest BCUT2D eigenvalue weighted by Gasteiger charge is -2.32. The van der Waals surface area contributed by atoms with E-state index >= 15 is 0 Å². The summed E-state index contributed by atoms with van der Waals surface area (Å²) in [5, 5.41) is 16.3. The van der Waals surface area contributed by atoms with Crippen LogP contribution in [0.3, 0.4) is 0 Å². The van der Waals surface area contributed by atoms with Crippen molar-refractivity contribution in [2.45, 2.75) is 32.2 Å². The number of hydroxylamine groups is 1. The molecule has 0 bridgehead atoms. The monoisotopic (exact) mass is 360 g/mol. The number of allylic oxidation sites excluding steroid dienone is 1. The van der Waals surface area contributed by atoms with Crippen LogP contribution in [0.4, 0.5) is 0 Å². The second-order valence-electron chi connectivity index (χ2n) is 6.69. The lowest BCUT2D eigenvalue weighted by atomic mass is 9.88. The van der Waals surface area contributed by atoms with Crippen LogP contribution in [0, 0.1) is 11.1 Å². The van der Waals surface area contributed by atoms with Crippen LogP contribution in [0.1, 0.15) is 31.2 Å². The van der Waals surface area contributed by atoms with E-state index in [1.165, 1.54) is 15.6 Å². The Morgan fingerprint density at radius 2 is 2.12 bits per heavy atom. The maximum atomic E-state index is 12.0. The van der Waals surface area contributed by atoms with E-state index in [4.69, 9.17) is 11.6 Å². The number of hydrogen-bond donors (Lipinski definition) is 0. The molecule has 1 aromatic carbocycles. The molecule has 3 nitrogen and oxygen atoms in total. The quantitative estimate of drug-likeness (QED) is 0.567. The number of piperidine rings is 1. The third kappa shape index (κ3) is 3.23. The van der Waals surface area contributed by atoms with Gasteiger partial charge in [0, 0.05) is 28.6 Å². The highest BCUT2D eigenvalue weighted by atomic mass is 35.5. The van der Waals surface area contributed by atoms with Crippen molar-refractivity contribution in [1.82, 2.24) is 4.90 Å². The lowest BCUT2D eigenvalue weighted by Crippen LogP contribution is -2.37. The van der Waals surface area contributed by atoms with Crippen molar-refractivity contribution in [2.75, 3.05) is 13.1 Å². The number of thiophene rings is 1. The molecule has 2 aliphatic rings. The summed E-state index contributed by atoms with van der Waals surface area (Å²) in [4.78, 5) is 2.51. The van der Waals surface area contributed by atoms with Crippen LogP contribution in [-0.4, -0.2) is 28.4 Å². The first-order valence-corrected chi connectivity index (χ1v) is 9.83. The molecule has 2 aromatic rings. The van der Waals surface area contributed by atoms with Gasteiger partial charge in [-0.2, -0.15) is 4.74 Å². The topological polar surface area (TPSA) is 29.3 Å². The van der Waals surface area contributed by atoms with Gasteiger partial charge >= 0.3 is 0 Å². The van der Waals surface area contributed by atoms with Gasteiger partial charge in [-0.05, 0) is 73.0 Å². The molecule has 0 unspecified atom stereocenters. The van der Waals surface area contributed by atoms with Crippen molar-refractivity contribution in [3.05, 3.63) is 51.6 Å². The zero-order chi connectivity index (χ0) is 16.5. The smallest absolute Gasteiger partial charge is 0.176 e. The van der Waals surface area contributed by atoms with Crippen molar-refractivity contribution in [3.8, 4) is 0 Å². The lowest BCUT2D eigenvalue weighted by molar-refractivity contribution is -0.386. The van der Waals surface area contributed by atoms with E-state index in [9.17, 15) is 5.21 Å². The summed E-state index contributed by atoms with van der Waals surface area (Å²) >= 11 is 7.95. The first kappa shape index (κ1) is 16.1. The molecule has 126 valence electrons. The van der Waals surface area contributed by atoms with Crippen molar-refractivity contribution >= 4 is 38.7 Å². The summed E-state index contributed by atoms with van der Waals surface area (Å²) in [6.45, 7) is 3.09. The minimum absolute atomic E-state index is 0.456. The van der Waals surface area contributed by atoms with Gasteiger partial charge in [0.2, 0.25) is 0 Å². The minimum Gasteiger partial charge on any atom is -0.619 e. The first-order valence-electron chi connectivity index (χ1n) is 8.57. The van der Waals surface area contributed by atoms with Crippen molar-refractivity contribution < 1.29 is 4.74 Å². The van der Waals surface area contributed by atoms with Gasteiger partial charge in [0.1, 0.15) is 0 Å². The molecular formula is C19H21ClN2OS. The molecule has 1 fully saturated rings. The third-order valence-corrected chi connectivity index (χ3v) is 6.41. The fraction of sp³-hybridized carbons (Fsp3) is 0.421. The maximum absolute atomic E-state index is 12.0. The Labute approximate surface area is 151 Å². The fourth-order valence-corrected chi connectivity index (χ4v) is 4.94. The third-order valence-electron chi connectivity index (χ3n) is 5.16. The molecule has 0 spiro atoms. The Morgan fingerprint density at radius 3 is 2.92 bits per heavy atom. The number of nitrogens with zero attached hydrogens (tertiary/aromatic N) is 2. The number of halogens is 1. The average Bonchev–Trinajstić information content (AvgIpc) is 2.98. The van der Waals surface area contributed by atoms with E-state index < -0.39 is 0 Å². The van der Waals surface area contributed by atoms with E-state index in [0.29, 0.717) is 5.92 Å². The molecule has 24 heavy (non-hydrogen) atoms. The summed E-state index contributed by atoms with van der Waals surface area (Å²) < 4.78 is 2.41. The Bertz CT molecular complexity index is 803. The normalized spacial score (nSPS) is 20.2. The van der Waals surface area contributed by atoms with E-state index in [2.05, 4.69) is 22.4 Å². The van der Waals surface area contributed by atoms with Gasteiger partial charge in [0.25, 0.3) is 0 Å². The summed E-state index contributed by atoms with van der Waals surface area (Å²) in [6.07, 6.45) is 7.77. The molecule has 4 rings (SSSR count). The van der Waals surface area contributed by atoms with Crippen LogP contribution in [0.5, 0.6) is 0 Å². The molecule has 3 heterocycles. The fourth-order valence-electron chi connectivity index (χ4n) is 3.83. The summed E-state index contributed by atoms with van der Waals surface area (Å²) in [7, 11) is 0. The van der Waals surface area contributed by atoms with E-state index in [-0.39, 0.29) is 0 Å². The van der Waals surface area contributed by atoms with Gasteiger partial charge in [-0.1, -0.05) is 11.6 Å². The molecule has 0 amide bonds. The second-order valence-corrected chi connectivity index (χ2v) is 8.04. The van der Waals surface area contributed by atoms with Crippen LogP contribution in [0.25, 0.3) is 10.1 Å². The van der Waals surface area contributed by atoms with Crippen molar-refractivity contribution in [2.24, 2.45) is 5.92 Å². The zero-order valence-corrected chi connectivity index (χ0v) is 15.2. The van der Waals surface area contributed by atoms with Gasteiger partial charge in [-0.25, -0.2) is 0 Å². The van der Waals surface area contributed by atoms with Crippen LogP contribution in [-0.2, 0) is 6.54 Å². The Balaban J connectivity index is 1.43. The number of hydrogen-bond acceptors (Lipinski definition) is 3. The van der Waals surface area contributed by atoms with Gasteiger partial charge in [0.05, 0.1) is 0 Å². The number of benzene rings is 1. The van der Waals surface area contributed by atoms with Crippen LogP contribution >= 0.6 is 22.9 Å². The van der Waals surface area contributed by atoms with Crippen LogP contribution in [0.15, 0.2) is 35.9 Å². The summed E-state index contributed by atoms with van der Waals surface area (Å²) in [6, 6.07) is 6.14. The molecule has 0 N–H and O–H groups in total. The highest BCUT2D eigenvalue weighted by Gasteiger charge is 2.28. The number of rotatable bonds is 3. The Morgan fingerprint density at radius 1 is 1.29 bits per heavy atom. The van der Waals surface area contributed by atoms with E-state index in [1.54, 1.807) is 17.5 Å². The predicted molar refractivity (Wildman–Crippen MR) is 102 cm³/mol. The molecule has 5 heteroatoms. The number of likely N-dealkylation sites (tertiary alicyclic amines) is 1. The maximum Gasteiger partial charge on any atom is 0.176 e.